The number of thiocarbonyl (C=S) groups is 1. The van der Waals surface area contributed by atoms with Crippen molar-refractivity contribution in [3.05, 3.63) is 34.7 Å². The maximum atomic E-state index is 11.3. The number of hydrogen-bond acceptors (Lipinski definition) is 4. The minimum atomic E-state index is -0.196. The summed E-state index contributed by atoms with van der Waals surface area (Å²) >= 11 is 4.63. The van der Waals surface area contributed by atoms with Crippen LogP contribution in [0.1, 0.15) is 0 Å². The predicted molar refractivity (Wildman–Crippen MR) is 64.2 cm³/mol. The Bertz CT molecular complexity index is 588. The summed E-state index contributed by atoms with van der Waals surface area (Å²) in [5.41, 5.74) is 0.550. The number of aromatic nitrogens is 2. The van der Waals surface area contributed by atoms with Gasteiger partial charge in [0, 0.05) is 17.0 Å². The van der Waals surface area contributed by atoms with E-state index in [1.54, 1.807) is 24.4 Å². The predicted octanol–water partition coefficient (Wildman–Crippen LogP) is 1.63. The first-order valence-electron chi connectivity index (χ1n) is 4.26. The molecule has 0 aliphatic carbocycles. The lowest BCUT2D eigenvalue weighted by Gasteiger charge is -1.96. The lowest BCUT2D eigenvalue weighted by molar-refractivity contribution is 1.01. The molecule has 2 rings (SSSR count). The fourth-order valence-electron chi connectivity index (χ4n) is 1.28. The van der Waals surface area contributed by atoms with Gasteiger partial charge in [-0.05, 0) is 18.2 Å². The number of H-pyrrole nitrogens is 1. The molecule has 2 aromatic rings. The van der Waals surface area contributed by atoms with Crippen LogP contribution < -0.4 is 5.56 Å². The standard InChI is InChI=1S/C10H7N3OS/c14-10-9-2-1-8(11-3-4-15)5-7(9)6-12-13-10/h1-6H,(H,13,14). The van der Waals surface area contributed by atoms with E-state index < -0.39 is 0 Å². The van der Waals surface area contributed by atoms with Gasteiger partial charge in [-0.25, -0.2) is 5.10 Å². The molecule has 1 aromatic carbocycles. The zero-order valence-electron chi connectivity index (χ0n) is 7.68. The molecule has 15 heavy (non-hydrogen) atoms. The van der Waals surface area contributed by atoms with Crippen LogP contribution in [0.3, 0.4) is 0 Å². The molecule has 0 radical (unpaired) electrons. The maximum Gasteiger partial charge on any atom is 0.272 e. The van der Waals surface area contributed by atoms with E-state index in [9.17, 15) is 4.79 Å². The van der Waals surface area contributed by atoms with Crippen LogP contribution in [0.5, 0.6) is 0 Å². The van der Waals surface area contributed by atoms with Crippen molar-refractivity contribution >= 4 is 40.3 Å². The average Bonchev–Trinajstić information content (AvgIpc) is 2.26. The van der Waals surface area contributed by atoms with Gasteiger partial charge in [-0.15, -0.1) is 0 Å². The molecule has 74 valence electrons. The first-order valence-corrected chi connectivity index (χ1v) is 4.73. The van der Waals surface area contributed by atoms with Crippen molar-refractivity contribution < 1.29 is 0 Å². The fourth-order valence-corrected chi connectivity index (χ4v) is 1.34. The van der Waals surface area contributed by atoms with Gasteiger partial charge in [0.15, 0.2) is 0 Å². The van der Waals surface area contributed by atoms with Gasteiger partial charge in [-0.1, -0.05) is 12.2 Å². The van der Waals surface area contributed by atoms with Crippen LogP contribution in [0.25, 0.3) is 10.8 Å². The van der Waals surface area contributed by atoms with E-state index in [-0.39, 0.29) is 5.56 Å². The molecule has 5 heteroatoms. The van der Waals surface area contributed by atoms with Gasteiger partial charge in [0.1, 0.15) is 0 Å². The third-order valence-electron chi connectivity index (χ3n) is 1.93. The molecule has 0 bridgehead atoms. The van der Waals surface area contributed by atoms with E-state index in [2.05, 4.69) is 27.4 Å². The molecule has 4 nitrogen and oxygen atoms in total. The van der Waals surface area contributed by atoms with Crippen LogP contribution in [0.15, 0.2) is 34.2 Å². The second kappa shape index (κ2) is 4.10. The quantitative estimate of drug-likeness (QED) is 0.614. The Morgan fingerprint density at radius 1 is 1.47 bits per heavy atom. The van der Waals surface area contributed by atoms with Crippen LogP contribution in [-0.2, 0) is 0 Å². The topological polar surface area (TPSA) is 58.1 Å². The molecule has 0 saturated heterocycles. The minimum absolute atomic E-state index is 0.196. The van der Waals surface area contributed by atoms with Crippen LogP contribution in [0.2, 0.25) is 0 Å². The van der Waals surface area contributed by atoms with E-state index >= 15 is 0 Å². The van der Waals surface area contributed by atoms with Crippen molar-refractivity contribution in [2.45, 2.75) is 0 Å². The van der Waals surface area contributed by atoms with Crippen LogP contribution >= 0.6 is 12.2 Å². The number of benzene rings is 1. The molecule has 0 fully saturated rings. The second-order valence-electron chi connectivity index (χ2n) is 2.88. The Morgan fingerprint density at radius 3 is 3.13 bits per heavy atom. The van der Waals surface area contributed by atoms with Crippen molar-refractivity contribution in [2.24, 2.45) is 4.99 Å². The molecule has 1 N–H and O–H groups in total. The highest BCUT2D eigenvalue weighted by Crippen LogP contribution is 2.17. The Hall–Kier alpha value is -1.88. The SMILES string of the molecule is O=c1[nH]ncc2cc(N=CC=S)ccc12. The zero-order chi connectivity index (χ0) is 10.7. The Balaban J connectivity index is 2.62. The maximum absolute atomic E-state index is 11.3. The highest BCUT2D eigenvalue weighted by Gasteiger charge is 1.98. The molecule has 0 unspecified atom stereocenters. The minimum Gasteiger partial charge on any atom is -0.267 e. The molecule has 0 aliphatic heterocycles. The normalized spacial score (nSPS) is 10.9. The molecular formula is C10H7N3OS. The highest BCUT2D eigenvalue weighted by atomic mass is 32.1. The van der Waals surface area contributed by atoms with Gasteiger partial charge in [-0.3, -0.25) is 9.79 Å². The largest absolute Gasteiger partial charge is 0.272 e. The monoisotopic (exact) mass is 217 g/mol. The number of aliphatic imine (C=N–C) groups is 1. The van der Waals surface area contributed by atoms with Gasteiger partial charge < -0.3 is 0 Å². The van der Waals surface area contributed by atoms with E-state index in [0.29, 0.717) is 5.39 Å². The summed E-state index contributed by atoms with van der Waals surface area (Å²) < 4.78 is 0. The third kappa shape index (κ3) is 1.97. The molecule has 0 spiro atoms. The number of aromatic amines is 1. The molecule has 0 atom stereocenters. The fraction of sp³-hybridized carbons (Fsp3) is 0. The smallest absolute Gasteiger partial charge is 0.267 e. The van der Waals surface area contributed by atoms with Crippen LogP contribution in [-0.4, -0.2) is 21.8 Å². The Morgan fingerprint density at radius 2 is 2.33 bits per heavy atom. The van der Waals surface area contributed by atoms with E-state index in [4.69, 9.17) is 0 Å². The van der Waals surface area contributed by atoms with Gasteiger partial charge in [0.25, 0.3) is 5.56 Å². The molecule has 0 saturated carbocycles. The van der Waals surface area contributed by atoms with Crippen LogP contribution in [0, 0.1) is 0 Å². The van der Waals surface area contributed by atoms with Crippen LogP contribution in [0.4, 0.5) is 5.69 Å². The summed E-state index contributed by atoms with van der Waals surface area (Å²) in [6, 6.07) is 5.26. The summed E-state index contributed by atoms with van der Waals surface area (Å²) in [4.78, 5) is 15.4. The average molecular weight is 217 g/mol. The van der Waals surface area contributed by atoms with Gasteiger partial charge in [0.2, 0.25) is 0 Å². The lowest BCUT2D eigenvalue weighted by Crippen LogP contribution is -2.06. The van der Waals surface area contributed by atoms with Crippen molar-refractivity contribution in [1.82, 2.24) is 10.2 Å². The van der Waals surface area contributed by atoms with Gasteiger partial charge in [-0.2, -0.15) is 5.10 Å². The molecule has 1 heterocycles. The number of hydrogen-bond donors (Lipinski definition) is 1. The lowest BCUT2D eigenvalue weighted by atomic mass is 10.2. The highest BCUT2D eigenvalue weighted by molar-refractivity contribution is 7.80. The Kier molecular flexibility index (Phi) is 2.64. The van der Waals surface area contributed by atoms with Gasteiger partial charge >= 0.3 is 0 Å². The summed E-state index contributed by atoms with van der Waals surface area (Å²) in [7, 11) is 0. The van der Waals surface area contributed by atoms with E-state index in [1.807, 2.05) is 0 Å². The van der Waals surface area contributed by atoms with E-state index in [1.165, 1.54) is 11.6 Å². The number of rotatable bonds is 2. The molecule has 0 amide bonds. The van der Waals surface area contributed by atoms with Crippen molar-refractivity contribution in [3.8, 4) is 0 Å². The summed E-state index contributed by atoms with van der Waals surface area (Å²) in [6.45, 7) is 0. The zero-order valence-corrected chi connectivity index (χ0v) is 8.49. The van der Waals surface area contributed by atoms with E-state index in [0.717, 1.165) is 11.1 Å². The number of nitrogens with one attached hydrogen (secondary N) is 1. The molecule has 1 aromatic heterocycles. The first kappa shape index (κ1) is 9.67. The summed E-state index contributed by atoms with van der Waals surface area (Å²) in [5.74, 6) is 0. The van der Waals surface area contributed by atoms with Crippen molar-refractivity contribution in [2.75, 3.05) is 0 Å². The second-order valence-corrected chi connectivity index (χ2v) is 3.16. The summed E-state index contributed by atoms with van der Waals surface area (Å²) in [5, 5.41) is 8.88. The number of fused-ring (bicyclic) bond motifs is 1. The van der Waals surface area contributed by atoms with Gasteiger partial charge in [0.05, 0.1) is 17.3 Å². The first-order chi connectivity index (χ1) is 7.31. The number of nitrogens with zero attached hydrogens (tertiary/aromatic N) is 2. The third-order valence-corrected chi connectivity index (χ3v) is 2.06. The van der Waals surface area contributed by atoms with Crippen molar-refractivity contribution in [3.63, 3.8) is 0 Å². The molecule has 0 aliphatic rings. The Labute approximate surface area is 90.7 Å². The molecular weight excluding hydrogens is 210 g/mol. The summed E-state index contributed by atoms with van der Waals surface area (Å²) in [6.07, 6.45) is 3.12. The van der Waals surface area contributed by atoms with Crippen molar-refractivity contribution in [1.29, 1.82) is 0 Å².